The fourth-order valence-electron chi connectivity index (χ4n) is 2.84. The zero-order valence-electron chi connectivity index (χ0n) is 17.3. The van der Waals surface area contributed by atoms with Crippen molar-refractivity contribution in [3.63, 3.8) is 0 Å². The van der Waals surface area contributed by atoms with Gasteiger partial charge in [-0.05, 0) is 47.7 Å². The predicted octanol–water partition coefficient (Wildman–Crippen LogP) is 5.16. The highest BCUT2D eigenvalue weighted by atomic mass is 35.5. The zero-order chi connectivity index (χ0) is 22.2. The first-order chi connectivity index (χ1) is 15.1. The molecule has 1 fully saturated rings. The van der Waals surface area contributed by atoms with Gasteiger partial charge < -0.3 is 14.2 Å². The molecule has 1 amide bonds. The maximum atomic E-state index is 13.1. The second-order valence-electron chi connectivity index (χ2n) is 6.42. The molecule has 0 unspecified atom stereocenters. The summed E-state index contributed by atoms with van der Waals surface area (Å²) in [5.41, 5.74) is 1.49. The van der Waals surface area contributed by atoms with Crippen molar-refractivity contribution in [3.05, 3.63) is 70.6 Å². The van der Waals surface area contributed by atoms with Gasteiger partial charge in [-0.2, -0.15) is 0 Å². The van der Waals surface area contributed by atoms with Crippen molar-refractivity contribution in [2.75, 3.05) is 34.0 Å². The van der Waals surface area contributed by atoms with Crippen molar-refractivity contribution in [2.24, 2.45) is 4.99 Å². The number of rotatable bonds is 9. The zero-order valence-corrected chi connectivity index (χ0v) is 18.9. The number of hydrogen-bond acceptors (Lipinski definition) is 6. The van der Waals surface area contributed by atoms with Crippen LogP contribution in [0.1, 0.15) is 5.56 Å². The van der Waals surface area contributed by atoms with Gasteiger partial charge in [0.1, 0.15) is 6.61 Å². The second kappa shape index (κ2) is 11.0. The van der Waals surface area contributed by atoms with Gasteiger partial charge in [0.15, 0.2) is 16.7 Å². The van der Waals surface area contributed by atoms with E-state index in [1.54, 1.807) is 36.3 Å². The summed E-state index contributed by atoms with van der Waals surface area (Å²) in [6.07, 6.45) is 3.40. The number of para-hydroxylation sites is 1. The van der Waals surface area contributed by atoms with Crippen LogP contribution in [0.5, 0.6) is 11.5 Å². The molecule has 6 nitrogen and oxygen atoms in total. The van der Waals surface area contributed by atoms with Crippen molar-refractivity contribution in [1.82, 2.24) is 4.90 Å². The average molecular weight is 459 g/mol. The first kappa shape index (κ1) is 22.9. The van der Waals surface area contributed by atoms with Crippen LogP contribution in [0, 0.1) is 0 Å². The molecule has 2 aromatic carbocycles. The number of methoxy groups -OCH3 is 2. The Morgan fingerprint density at radius 3 is 2.68 bits per heavy atom. The number of carbonyl (C=O) groups excluding carboxylic acids is 1. The summed E-state index contributed by atoms with van der Waals surface area (Å²) in [4.78, 5) is 19.9. The van der Waals surface area contributed by atoms with E-state index in [4.69, 9.17) is 25.8 Å². The third-order valence-electron chi connectivity index (χ3n) is 4.28. The van der Waals surface area contributed by atoms with Crippen LogP contribution < -0.4 is 9.47 Å². The summed E-state index contributed by atoms with van der Waals surface area (Å²) < 4.78 is 16.2. The third kappa shape index (κ3) is 5.70. The summed E-state index contributed by atoms with van der Waals surface area (Å²) >= 11 is 7.70. The van der Waals surface area contributed by atoms with E-state index >= 15 is 0 Å². The van der Waals surface area contributed by atoms with Crippen LogP contribution in [0.25, 0.3) is 6.08 Å². The van der Waals surface area contributed by atoms with Crippen LogP contribution in [0.3, 0.4) is 0 Å². The van der Waals surface area contributed by atoms with Crippen molar-refractivity contribution >= 4 is 46.2 Å². The lowest BCUT2D eigenvalue weighted by molar-refractivity contribution is -0.122. The number of amides is 1. The van der Waals surface area contributed by atoms with Crippen LogP contribution in [0.15, 0.2) is 65.0 Å². The number of hydrogen-bond donors (Lipinski definition) is 0. The normalized spacial score (nSPS) is 16.2. The summed E-state index contributed by atoms with van der Waals surface area (Å²) in [5.74, 6) is 0.773. The van der Waals surface area contributed by atoms with E-state index in [0.717, 1.165) is 11.3 Å². The maximum absolute atomic E-state index is 13.1. The Kier molecular flexibility index (Phi) is 8.17. The Morgan fingerprint density at radius 1 is 1.23 bits per heavy atom. The Labute approximate surface area is 191 Å². The standard InChI is InChI=1S/C23H23ClN2O4S/c1-4-11-30-21-18(24)13-16(14-19(21)29-3)15-20-22(27)26(10-12-28-2)23(31-20)25-17-8-6-5-7-9-17/h4-9,13-15H,1,10-12H2,2-3H3/b20-15+,25-23?. The molecule has 0 aliphatic carbocycles. The van der Waals surface area contributed by atoms with E-state index in [-0.39, 0.29) is 5.91 Å². The van der Waals surface area contributed by atoms with Crippen LogP contribution in [0.2, 0.25) is 5.02 Å². The fourth-order valence-corrected chi connectivity index (χ4v) is 4.14. The predicted molar refractivity (Wildman–Crippen MR) is 126 cm³/mol. The quantitative estimate of drug-likeness (QED) is 0.383. The number of carbonyl (C=O) groups is 1. The molecule has 2 aromatic rings. The molecule has 0 atom stereocenters. The van der Waals surface area contributed by atoms with E-state index in [2.05, 4.69) is 11.6 Å². The monoisotopic (exact) mass is 458 g/mol. The molecule has 3 rings (SSSR count). The Balaban J connectivity index is 1.94. The van der Waals surface area contributed by atoms with Gasteiger partial charge in [0.2, 0.25) is 0 Å². The number of amidine groups is 1. The minimum Gasteiger partial charge on any atom is -0.493 e. The molecule has 0 bridgehead atoms. The number of aliphatic imine (C=N–C) groups is 1. The van der Waals surface area contributed by atoms with E-state index < -0.39 is 0 Å². The minimum absolute atomic E-state index is 0.140. The van der Waals surface area contributed by atoms with Gasteiger partial charge in [0.25, 0.3) is 5.91 Å². The highest BCUT2D eigenvalue weighted by Crippen LogP contribution is 2.39. The van der Waals surface area contributed by atoms with Crippen molar-refractivity contribution in [1.29, 1.82) is 0 Å². The van der Waals surface area contributed by atoms with Crippen molar-refractivity contribution < 1.29 is 19.0 Å². The Bertz CT molecular complexity index is 1010. The molecule has 0 radical (unpaired) electrons. The molecular formula is C23H23ClN2O4S. The summed E-state index contributed by atoms with van der Waals surface area (Å²) in [6, 6.07) is 13.0. The number of benzene rings is 2. The highest BCUT2D eigenvalue weighted by molar-refractivity contribution is 8.18. The molecule has 8 heteroatoms. The van der Waals surface area contributed by atoms with E-state index in [9.17, 15) is 4.79 Å². The van der Waals surface area contributed by atoms with Gasteiger partial charge in [-0.25, -0.2) is 4.99 Å². The highest BCUT2D eigenvalue weighted by Gasteiger charge is 2.33. The van der Waals surface area contributed by atoms with Gasteiger partial charge >= 0.3 is 0 Å². The molecule has 1 heterocycles. The number of halogens is 1. The van der Waals surface area contributed by atoms with E-state index in [1.165, 1.54) is 18.9 Å². The Hall–Kier alpha value is -2.74. The van der Waals surface area contributed by atoms with Crippen LogP contribution in [-0.4, -0.2) is 50.0 Å². The van der Waals surface area contributed by atoms with Crippen molar-refractivity contribution in [2.45, 2.75) is 0 Å². The largest absolute Gasteiger partial charge is 0.493 e. The molecule has 0 N–H and O–H groups in total. The second-order valence-corrected chi connectivity index (χ2v) is 7.84. The van der Waals surface area contributed by atoms with Crippen LogP contribution in [0.4, 0.5) is 5.69 Å². The summed E-state index contributed by atoms with van der Waals surface area (Å²) in [5, 5.41) is 0.987. The SMILES string of the molecule is C=CCOc1c(Cl)cc(/C=C2/SC(=Nc3ccccc3)N(CCOC)C2=O)cc1OC. The third-order valence-corrected chi connectivity index (χ3v) is 5.57. The fraction of sp³-hybridized carbons (Fsp3) is 0.217. The van der Waals surface area contributed by atoms with Gasteiger partial charge in [-0.3, -0.25) is 9.69 Å². The van der Waals surface area contributed by atoms with E-state index in [0.29, 0.717) is 46.4 Å². The smallest absolute Gasteiger partial charge is 0.266 e. The first-order valence-electron chi connectivity index (χ1n) is 9.52. The van der Waals surface area contributed by atoms with E-state index in [1.807, 2.05) is 30.3 Å². The lowest BCUT2D eigenvalue weighted by atomic mass is 10.1. The topological polar surface area (TPSA) is 60.4 Å². The molecule has 162 valence electrons. The van der Waals surface area contributed by atoms with Crippen LogP contribution >= 0.6 is 23.4 Å². The maximum Gasteiger partial charge on any atom is 0.266 e. The molecule has 1 saturated heterocycles. The summed E-state index contributed by atoms with van der Waals surface area (Å²) in [7, 11) is 3.14. The first-order valence-corrected chi connectivity index (χ1v) is 10.7. The number of ether oxygens (including phenoxy) is 3. The van der Waals surface area contributed by atoms with Crippen LogP contribution in [-0.2, 0) is 9.53 Å². The Morgan fingerprint density at radius 2 is 2.00 bits per heavy atom. The minimum atomic E-state index is -0.140. The molecule has 0 aromatic heterocycles. The average Bonchev–Trinajstić information content (AvgIpc) is 3.05. The molecule has 31 heavy (non-hydrogen) atoms. The molecule has 1 aliphatic heterocycles. The lowest BCUT2D eigenvalue weighted by Gasteiger charge is -2.14. The molecule has 0 spiro atoms. The van der Waals surface area contributed by atoms with Crippen molar-refractivity contribution in [3.8, 4) is 11.5 Å². The number of nitrogens with zero attached hydrogens (tertiary/aromatic N) is 2. The molecule has 1 aliphatic rings. The molecular weight excluding hydrogens is 436 g/mol. The summed E-state index contributed by atoms with van der Waals surface area (Å²) in [6.45, 7) is 4.75. The van der Waals surface area contributed by atoms with Gasteiger partial charge in [0, 0.05) is 7.11 Å². The molecule has 0 saturated carbocycles. The van der Waals surface area contributed by atoms with Gasteiger partial charge in [-0.1, -0.05) is 42.5 Å². The lowest BCUT2D eigenvalue weighted by Crippen LogP contribution is -2.32. The number of thioether (sulfide) groups is 1. The van der Waals surface area contributed by atoms with Gasteiger partial charge in [0.05, 0.1) is 35.9 Å². The van der Waals surface area contributed by atoms with Gasteiger partial charge in [-0.15, -0.1) is 0 Å².